The van der Waals surface area contributed by atoms with Gasteiger partial charge in [0.25, 0.3) is 0 Å². The second kappa shape index (κ2) is 15.5. The van der Waals surface area contributed by atoms with E-state index in [2.05, 4.69) is 59.7 Å². The summed E-state index contributed by atoms with van der Waals surface area (Å²) < 4.78 is 8.51. The molecule has 2 rings (SSSR count). The summed E-state index contributed by atoms with van der Waals surface area (Å²) in [4.78, 5) is 42.9. The lowest BCUT2D eigenvalue weighted by Gasteiger charge is -2.52. The molecule has 10 heteroatoms. The first-order valence-corrected chi connectivity index (χ1v) is 21.8. The molecule has 0 radical (unpaired) electrons. The Morgan fingerprint density at radius 2 is 1.56 bits per heavy atom. The third kappa shape index (κ3) is 8.52. The SMILES string of the molecule is CCCCP(CCCC)(CCCC)=C(C(=O)O)N1C(=O)[C@H]([C@@H](C)O[Si](C)(C)C(C)(C)C)[C@H]1CC(=O)c1cc(C)n(CC)n1. The number of carbonyl (C=O) groups is 3. The molecule has 0 aromatic carbocycles. The molecule has 1 fully saturated rings. The van der Waals surface area contributed by atoms with Crippen molar-refractivity contribution in [2.24, 2.45) is 5.92 Å². The van der Waals surface area contributed by atoms with Gasteiger partial charge in [0.2, 0.25) is 5.91 Å². The van der Waals surface area contributed by atoms with E-state index in [1.807, 2.05) is 20.8 Å². The topological polar surface area (TPSA) is 102 Å². The summed E-state index contributed by atoms with van der Waals surface area (Å²) in [5.41, 5.74) is 1.58. The van der Waals surface area contributed by atoms with Crippen molar-refractivity contribution < 1.29 is 23.9 Å². The predicted molar refractivity (Wildman–Crippen MR) is 182 cm³/mol. The molecule has 1 aliphatic heterocycles. The molecule has 0 unspecified atom stereocenters. The number of unbranched alkanes of at least 4 members (excludes halogenated alkanes) is 3. The normalized spacial score (nSPS) is 18.5. The minimum atomic E-state index is -2.23. The zero-order valence-corrected chi connectivity index (χ0v) is 30.9. The van der Waals surface area contributed by atoms with Crippen molar-refractivity contribution in [3.8, 4) is 0 Å². The zero-order chi connectivity index (χ0) is 32.8. The van der Waals surface area contributed by atoms with Gasteiger partial charge in [0.15, 0.2) is 14.1 Å². The van der Waals surface area contributed by atoms with Crippen LogP contribution in [0.3, 0.4) is 0 Å². The number of likely N-dealkylation sites (tertiary alicyclic amines) is 1. The van der Waals surface area contributed by atoms with Crippen molar-refractivity contribution in [2.75, 3.05) is 18.5 Å². The molecule has 8 nitrogen and oxygen atoms in total. The number of hydrogen-bond donors (Lipinski definition) is 1. The first-order valence-electron chi connectivity index (χ1n) is 16.6. The molecule has 0 spiro atoms. The van der Waals surface area contributed by atoms with Crippen LogP contribution in [0.4, 0.5) is 0 Å². The Hall–Kier alpha value is -1.70. The lowest BCUT2D eigenvalue weighted by atomic mass is 9.80. The van der Waals surface area contributed by atoms with Crippen molar-refractivity contribution in [2.45, 2.75) is 144 Å². The molecule has 1 amide bonds. The zero-order valence-electron chi connectivity index (χ0n) is 29.0. The Morgan fingerprint density at radius 1 is 1.05 bits per heavy atom. The van der Waals surface area contributed by atoms with Crippen molar-refractivity contribution in [1.29, 1.82) is 0 Å². The fraction of sp³-hybridized carbons (Fsp3) is 0.788. The van der Waals surface area contributed by atoms with Gasteiger partial charge < -0.3 is 14.4 Å². The Balaban J connectivity index is 2.72. The number of hydrogen-bond acceptors (Lipinski definition) is 5. The molecule has 43 heavy (non-hydrogen) atoms. The van der Waals surface area contributed by atoms with Gasteiger partial charge in [-0.05, 0) is 82.7 Å². The summed E-state index contributed by atoms with van der Waals surface area (Å²) in [5.74, 6) is -1.94. The number of aliphatic carboxylic acids is 1. The quantitative estimate of drug-likeness (QED) is 0.0768. The number of amides is 1. The molecule has 0 bridgehead atoms. The summed E-state index contributed by atoms with van der Waals surface area (Å²) in [6, 6.07) is 1.23. The van der Waals surface area contributed by atoms with E-state index in [0.717, 1.165) is 62.7 Å². The van der Waals surface area contributed by atoms with Crippen LogP contribution in [-0.2, 0) is 20.6 Å². The van der Waals surface area contributed by atoms with Gasteiger partial charge in [-0.3, -0.25) is 14.3 Å². The average molecular weight is 638 g/mol. The highest BCUT2D eigenvalue weighted by Gasteiger charge is 2.56. The van der Waals surface area contributed by atoms with Gasteiger partial charge in [0.05, 0.1) is 18.1 Å². The number of carboxylic acids is 1. The maximum atomic E-state index is 14.2. The summed E-state index contributed by atoms with van der Waals surface area (Å²) in [6.45, 7) is 21.5. The van der Waals surface area contributed by atoms with E-state index in [1.54, 1.807) is 15.6 Å². The van der Waals surface area contributed by atoms with Crippen molar-refractivity contribution in [3.05, 3.63) is 17.5 Å². The summed E-state index contributed by atoms with van der Waals surface area (Å²) in [6.07, 6.45) is 7.83. The summed E-state index contributed by atoms with van der Waals surface area (Å²) >= 11 is 0. The van der Waals surface area contributed by atoms with Crippen LogP contribution in [0.2, 0.25) is 18.1 Å². The Kier molecular flexibility index (Phi) is 13.5. The van der Waals surface area contributed by atoms with Crippen LogP contribution < -0.4 is 0 Å². The van der Waals surface area contributed by atoms with E-state index in [-0.39, 0.29) is 23.1 Å². The number of β-lactam (4-membered cyclic amide) rings is 1. The van der Waals surface area contributed by atoms with E-state index in [4.69, 9.17) is 4.43 Å². The number of nitrogens with zero attached hydrogens (tertiary/aromatic N) is 3. The van der Waals surface area contributed by atoms with Gasteiger partial charge in [-0.25, -0.2) is 4.79 Å². The maximum absolute atomic E-state index is 14.2. The smallest absolute Gasteiger partial charge is 0.352 e. The van der Waals surface area contributed by atoms with Crippen molar-refractivity contribution >= 4 is 38.3 Å². The molecular weight excluding hydrogens is 577 g/mol. The van der Waals surface area contributed by atoms with E-state index in [9.17, 15) is 19.5 Å². The van der Waals surface area contributed by atoms with Gasteiger partial charge in [0, 0.05) is 18.7 Å². The fourth-order valence-electron chi connectivity index (χ4n) is 6.11. The fourth-order valence-corrected chi connectivity index (χ4v) is 12.7. The summed E-state index contributed by atoms with van der Waals surface area (Å²) in [7, 11) is -2.23. The van der Waals surface area contributed by atoms with Crippen LogP contribution in [0.1, 0.15) is 117 Å². The molecule has 1 aromatic rings. The van der Waals surface area contributed by atoms with Gasteiger partial charge in [0.1, 0.15) is 11.1 Å². The lowest BCUT2D eigenvalue weighted by Crippen LogP contribution is -2.69. The third-order valence-electron chi connectivity index (χ3n) is 9.71. The van der Waals surface area contributed by atoms with Gasteiger partial charge in [-0.1, -0.05) is 67.7 Å². The molecule has 1 aromatic heterocycles. The van der Waals surface area contributed by atoms with Crippen molar-refractivity contribution in [1.82, 2.24) is 14.7 Å². The highest BCUT2D eigenvalue weighted by molar-refractivity contribution is 7.77. The molecule has 1 N–H and O–H groups in total. The minimum Gasteiger partial charge on any atom is -0.477 e. The molecule has 2 heterocycles. The Bertz CT molecular complexity index is 1160. The van der Waals surface area contributed by atoms with E-state index < -0.39 is 39.2 Å². The first kappa shape index (κ1) is 37.5. The molecule has 0 aliphatic carbocycles. The maximum Gasteiger partial charge on any atom is 0.352 e. The number of carboxylic acid groups (broad SMARTS) is 1. The second-order valence-corrected chi connectivity index (χ2v) is 22.8. The van der Waals surface area contributed by atoms with Crippen LogP contribution >= 0.6 is 6.89 Å². The Labute approximate surface area is 262 Å². The van der Waals surface area contributed by atoms with E-state index >= 15 is 0 Å². The molecule has 0 saturated carbocycles. The van der Waals surface area contributed by atoms with Gasteiger partial charge in [-0.15, -0.1) is 0 Å². The van der Waals surface area contributed by atoms with Crippen LogP contribution in [0.5, 0.6) is 0 Å². The first-order chi connectivity index (χ1) is 20.0. The molecule has 246 valence electrons. The number of rotatable bonds is 18. The Morgan fingerprint density at radius 3 is 1.95 bits per heavy atom. The predicted octanol–water partition coefficient (Wildman–Crippen LogP) is 7.65. The summed E-state index contributed by atoms with van der Waals surface area (Å²) in [5, 5.41) is 15.4. The van der Waals surface area contributed by atoms with Crippen LogP contribution in [-0.4, -0.2) is 81.8 Å². The lowest BCUT2D eigenvalue weighted by molar-refractivity contribution is -0.155. The molecule has 1 aliphatic rings. The number of aryl methyl sites for hydroxylation is 2. The van der Waals surface area contributed by atoms with Gasteiger partial charge in [-0.2, -0.15) is 5.10 Å². The van der Waals surface area contributed by atoms with E-state index in [1.165, 1.54) is 0 Å². The second-order valence-electron chi connectivity index (χ2n) is 14.0. The van der Waals surface area contributed by atoms with Gasteiger partial charge >= 0.3 is 5.97 Å². The highest BCUT2D eigenvalue weighted by Crippen LogP contribution is 2.54. The number of Topliss-reactive ketones (excluding diaryl/α,β-unsaturated/α-hetero) is 1. The monoisotopic (exact) mass is 637 g/mol. The van der Waals surface area contributed by atoms with Crippen LogP contribution in [0.25, 0.3) is 0 Å². The third-order valence-corrected chi connectivity index (χ3v) is 19.1. The molecular formula is C33H60N3O5PSi. The van der Waals surface area contributed by atoms with Crippen LogP contribution in [0, 0.1) is 12.8 Å². The highest BCUT2D eigenvalue weighted by atomic mass is 31.2. The van der Waals surface area contributed by atoms with Crippen LogP contribution in [0.15, 0.2) is 6.07 Å². The molecule has 1 saturated heterocycles. The van der Waals surface area contributed by atoms with E-state index in [0.29, 0.717) is 17.7 Å². The largest absolute Gasteiger partial charge is 0.477 e. The number of carbonyl (C=O) groups excluding carboxylic acids is 2. The van der Waals surface area contributed by atoms with Crippen molar-refractivity contribution in [3.63, 3.8) is 0 Å². The number of aromatic nitrogens is 2. The molecule has 3 atom stereocenters. The standard InChI is InChI=1S/C33H60N3O5PSi/c1-12-16-19-42(20-17-13-2,21-18-14-3)31(32(39)40)36-27(23-28(37)26-22-24(5)35(15-4)34-26)29(30(36)38)25(6)41-43(10,11)33(7,8)9/h22,25,27,29H,12-21,23H2,1-11H3,(H,39,40)/t25-,27-,29-/m1/s1. The average Bonchev–Trinajstić information content (AvgIpc) is 3.30. The number of ketones is 1. The minimum absolute atomic E-state index is 0.0356.